The number of phenolic OH excluding ortho intramolecular Hbond substituents is 2. The van der Waals surface area contributed by atoms with E-state index in [2.05, 4.69) is 0 Å². The SMILES string of the molecule is CN(C)c1cc(-c2ccccc2)c(O)c2c1C[C@H]1C[C@H]3[C@H](N(C)C)C(=O)C(C(N)=O)=C(O)[C@@]3(O)C(=O)C1=C2O.CN(C)c1ccc(O)c2c1C[C@H]1C[C@H]3[C@H](N(C)C)C(=O)C(C(N)=O)=C(O)[C@@]3(O)C(=O)C1=C2O.O=C=O. The van der Waals surface area contributed by atoms with Crippen molar-refractivity contribution in [2.75, 3.05) is 66.2 Å². The summed E-state index contributed by atoms with van der Waals surface area (Å²) in [6, 6.07) is 11.8. The van der Waals surface area contributed by atoms with Gasteiger partial charge in [0.2, 0.25) is 11.6 Å². The highest BCUT2D eigenvalue weighted by Crippen LogP contribution is 2.56. The minimum absolute atomic E-state index is 0.0415. The van der Waals surface area contributed by atoms with E-state index in [1.807, 2.05) is 74.4 Å². The number of amides is 2. The summed E-state index contributed by atoms with van der Waals surface area (Å²) >= 11 is 0. The lowest BCUT2D eigenvalue weighted by molar-refractivity contribution is -0.192. The number of fused-ring (bicyclic) bond motifs is 6. The molecule has 22 nitrogen and oxygen atoms in total. The number of anilines is 2. The first-order chi connectivity index (χ1) is 35.1. The van der Waals surface area contributed by atoms with Gasteiger partial charge in [0.25, 0.3) is 11.8 Å². The van der Waals surface area contributed by atoms with Crippen molar-refractivity contribution in [3.8, 4) is 22.6 Å². The normalized spacial score (nSPS) is 26.6. The highest BCUT2D eigenvalue weighted by Gasteiger charge is 2.66. The number of ketones is 4. The molecular weight excluding hydrogens is 977 g/mol. The smallest absolute Gasteiger partial charge is 0.373 e. The molecule has 2 saturated carbocycles. The van der Waals surface area contributed by atoms with Gasteiger partial charge in [0.05, 0.1) is 23.2 Å². The second-order valence-electron chi connectivity index (χ2n) is 20.3. The van der Waals surface area contributed by atoms with Crippen LogP contribution >= 0.6 is 0 Å². The summed E-state index contributed by atoms with van der Waals surface area (Å²) in [6.07, 6.45) is 0.843. The molecule has 2 fully saturated rings. The monoisotopic (exact) mass is 1030 g/mol. The van der Waals surface area contributed by atoms with Gasteiger partial charge in [-0.3, -0.25) is 38.6 Å². The number of hydrogen-bond acceptors (Lipinski definition) is 20. The van der Waals surface area contributed by atoms with Crippen molar-refractivity contribution in [3.63, 3.8) is 0 Å². The minimum Gasteiger partial charge on any atom is -0.508 e. The molecular formula is C53H58N6O16. The highest BCUT2D eigenvalue weighted by molar-refractivity contribution is 6.25. The van der Waals surface area contributed by atoms with Gasteiger partial charge in [-0.25, -0.2) is 0 Å². The largest absolute Gasteiger partial charge is 0.508 e. The fraction of sp³-hybridized carbons (Fsp3) is 0.377. The van der Waals surface area contributed by atoms with E-state index in [1.54, 1.807) is 34.3 Å². The van der Waals surface area contributed by atoms with Crippen LogP contribution < -0.4 is 21.3 Å². The zero-order chi connectivity index (χ0) is 55.8. The first kappa shape index (κ1) is 54.6. The second-order valence-corrected chi connectivity index (χ2v) is 20.3. The Morgan fingerprint density at radius 2 is 1.00 bits per heavy atom. The number of aliphatic hydroxyl groups excluding tert-OH is 4. The van der Waals surface area contributed by atoms with Crippen molar-refractivity contribution < 1.29 is 79.2 Å². The van der Waals surface area contributed by atoms with Crippen molar-refractivity contribution in [3.05, 3.63) is 105 Å². The van der Waals surface area contributed by atoms with Gasteiger partial charge in [-0.1, -0.05) is 30.3 Å². The molecule has 396 valence electrons. The molecule has 0 radical (unpaired) electrons. The van der Waals surface area contributed by atoms with Crippen molar-refractivity contribution in [1.82, 2.24) is 9.80 Å². The average Bonchev–Trinajstić information content (AvgIpc) is 3.32. The van der Waals surface area contributed by atoms with Crippen LogP contribution in [0.5, 0.6) is 11.5 Å². The van der Waals surface area contributed by atoms with E-state index in [0.29, 0.717) is 22.3 Å². The molecule has 6 aliphatic rings. The Hall–Kier alpha value is -8.14. The van der Waals surface area contributed by atoms with Gasteiger partial charge in [-0.15, -0.1) is 0 Å². The van der Waals surface area contributed by atoms with Crippen molar-refractivity contribution in [2.45, 2.75) is 49.0 Å². The Kier molecular flexibility index (Phi) is 14.3. The number of aromatic hydroxyl groups is 2. The zero-order valence-electron chi connectivity index (χ0n) is 42.2. The predicted molar refractivity (Wildman–Crippen MR) is 268 cm³/mol. The van der Waals surface area contributed by atoms with Crippen LogP contribution in [-0.4, -0.2) is 171 Å². The summed E-state index contributed by atoms with van der Waals surface area (Å²) < 4.78 is 0. The van der Waals surface area contributed by atoms with Crippen LogP contribution in [0, 0.1) is 23.7 Å². The quantitative estimate of drug-likeness (QED) is 0.148. The number of rotatable bonds is 7. The maximum atomic E-state index is 14.0. The lowest BCUT2D eigenvalue weighted by Crippen LogP contribution is -2.65. The molecule has 12 N–H and O–H groups in total. The molecule has 22 heteroatoms. The average molecular weight is 1040 g/mol. The third-order valence-electron chi connectivity index (χ3n) is 15.3. The maximum absolute atomic E-state index is 14.0. The Morgan fingerprint density at radius 3 is 1.39 bits per heavy atom. The van der Waals surface area contributed by atoms with Crippen LogP contribution in [0.1, 0.15) is 35.1 Å². The van der Waals surface area contributed by atoms with Crippen LogP contribution in [0.4, 0.5) is 11.4 Å². The first-order valence-corrected chi connectivity index (χ1v) is 23.5. The van der Waals surface area contributed by atoms with Gasteiger partial charge < -0.3 is 62.1 Å². The van der Waals surface area contributed by atoms with Crippen LogP contribution in [0.2, 0.25) is 0 Å². The molecule has 3 aromatic carbocycles. The van der Waals surface area contributed by atoms with Crippen LogP contribution in [0.15, 0.2) is 82.3 Å². The van der Waals surface area contributed by atoms with Crippen molar-refractivity contribution in [2.24, 2.45) is 35.1 Å². The molecule has 0 saturated heterocycles. The molecule has 0 aromatic heterocycles. The molecule has 9 rings (SSSR count). The van der Waals surface area contributed by atoms with Crippen LogP contribution in [0.25, 0.3) is 22.6 Å². The van der Waals surface area contributed by atoms with E-state index in [9.17, 15) is 69.6 Å². The third kappa shape index (κ3) is 8.21. The fourth-order valence-corrected chi connectivity index (χ4v) is 12.2. The van der Waals surface area contributed by atoms with Crippen LogP contribution in [-0.2, 0) is 51.2 Å². The number of nitrogens with two attached hydrogens (primary N) is 2. The lowest BCUT2D eigenvalue weighted by Gasteiger charge is -2.50. The number of carbonyl (C=O) groups is 6. The molecule has 3 aromatic rings. The number of primary amides is 2. The Balaban J connectivity index is 0.000000211. The number of benzene rings is 3. The van der Waals surface area contributed by atoms with E-state index < -0.39 is 116 Å². The Morgan fingerprint density at radius 1 is 0.600 bits per heavy atom. The van der Waals surface area contributed by atoms with E-state index in [-0.39, 0.29) is 65.6 Å². The molecule has 75 heavy (non-hydrogen) atoms. The molecule has 8 atom stereocenters. The molecule has 2 amide bonds. The topological polar surface area (TPSA) is 363 Å². The number of likely N-dealkylation sites (N-methyl/N-ethyl adjacent to an activating group) is 2. The van der Waals surface area contributed by atoms with E-state index >= 15 is 0 Å². The molecule has 0 unspecified atom stereocenters. The molecule has 0 heterocycles. The number of Topliss-reactive ketones (excluding diaryl/α,β-unsaturated/α-hetero) is 4. The zero-order valence-corrected chi connectivity index (χ0v) is 42.2. The van der Waals surface area contributed by atoms with Gasteiger partial charge in [-0.05, 0) is 101 Å². The van der Waals surface area contributed by atoms with Gasteiger partial charge in [-0.2, -0.15) is 9.59 Å². The van der Waals surface area contributed by atoms with Crippen LogP contribution in [0.3, 0.4) is 0 Å². The predicted octanol–water partition coefficient (Wildman–Crippen LogP) is 1.14. The van der Waals surface area contributed by atoms with Gasteiger partial charge >= 0.3 is 6.15 Å². The lowest BCUT2D eigenvalue weighted by atomic mass is 9.57. The highest BCUT2D eigenvalue weighted by atomic mass is 16.4. The molecule has 0 spiro atoms. The maximum Gasteiger partial charge on any atom is 0.373 e. The number of aliphatic hydroxyl groups is 6. The molecule has 6 aliphatic carbocycles. The molecule has 0 aliphatic heterocycles. The summed E-state index contributed by atoms with van der Waals surface area (Å²) in [6.45, 7) is 0. The summed E-state index contributed by atoms with van der Waals surface area (Å²) in [5.74, 6) is -13.2. The van der Waals surface area contributed by atoms with E-state index in [0.717, 1.165) is 11.4 Å². The number of nitrogens with zero attached hydrogens (tertiary/aromatic N) is 4. The minimum atomic E-state index is -2.67. The van der Waals surface area contributed by atoms with Gasteiger partial charge in [0.15, 0.2) is 22.8 Å². The number of carbonyl (C=O) groups excluding carboxylic acids is 8. The summed E-state index contributed by atoms with van der Waals surface area (Å²) in [5.41, 5.74) is 7.40. The first-order valence-electron chi connectivity index (χ1n) is 23.5. The van der Waals surface area contributed by atoms with E-state index in [1.165, 1.54) is 15.9 Å². The van der Waals surface area contributed by atoms with Crippen molar-refractivity contribution in [1.29, 1.82) is 0 Å². The van der Waals surface area contributed by atoms with Crippen molar-refractivity contribution >= 4 is 64.0 Å². The standard InChI is InChI=1S/C29H31N3O7.C23H27N3O7.CO2/c1-31(2)18-12-15(13-8-6-5-7-9-13)23(33)20-16(18)10-14-11-17-22(32(3)4)25(35)21(28(30)38)27(37)29(17,39)26(36)19(14)24(20)34;1-25(2)12-5-6-13(27)15-10(12)7-9-8-11-17(26(3)4)19(29)16(22(24)32)21(31)23(11,33)20(30)14(9)18(15)28;2-1-3/h5-9,12,14,17,22,33-34,37,39H,10-11H2,1-4H3,(H2,30,38);5-6,9,11,17,27-28,31,33H,7-8H2,1-4H3,(H2,24,32);/t14-,17-,22-,29-;9-,11-,17-,23-;/m00./s1. The Bertz CT molecular complexity index is 3170. The van der Waals surface area contributed by atoms with E-state index in [4.69, 9.17) is 21.1 Å². The third-order valence-corrected chi connectivity index (χ3v) is 15.3. The summed E-state index contributed by atoms with van der Waals surface area (Å²) in [5, 5.41) is 89.6. The summed E-state index contributed by atoms with van der Waals surface area (Å²) in [7, 11) is 13.6. The number of hydrogen-bond donors (Lipinski definition) is 10. The number of phenols is 2. The molecule has 0 bridgehead atoms. The second kappa shape index (κ2) is 19.6. The Labute approximate surface area is 429 Å². The van der Waals surface area contributed by atoms with Gasteiger partial charge in [0, 0.05) is 68.1 Å². The summed E-state index contributed by atoms with van der Waals surface area (Å²) in [4.78, 5) is 101. The van der Waals surface area contributed by atoms with Gasteiger partial charge in [0.1, 0.15) is 45.7 Å². The fourth-order valence-electron chi connectivity index (χ4n) is 12.2.